The predicted octanol–water partition coefficient (Wildman–Crippen LogP) is 1.58. The summed E-state index contributed by atoms with van der Waals surface area (Å²) in [6.07, 6.45) is 4.00. The zero-order chi connectivity index (χ0) is 14.5. The summed E-state index contributed by atoms with van der Waals surface area (Å²) < 4.78 is 0. The fourth-order valence-electron chi connectivity index (χ4n) is 1.92. The van der Waals surface area contributed by atoms with Crippen molar-refractivity contribution >= 4 is 11.9 Å². The lowest BCUT2D eigenvalue weighted by atomic mass is 9.87. The van der Waals surface area contributed by atoms with Crippen molar-refractivity contribution in [1.82, 2.24) is 9.88 Å². The predicted molar refractivity (Wildman–Crippen MR) is 71.6 cm³/mol. The summed E-state index contributed by atoms with van der Waals surface area (Å²) >= 11 is 0. The Hall–Kier alpha value is -1.91. The molecule has 0 aliphatic rings. The molecule has 0 unspecified atom stereocenters. The van der Waals surface area contributed by atoms with Gasteiger partial charge in [-0.05, 0) is 24.1 Å². The van der Waals surface area contributed by atoms with Gasteiger partial charge in [-0.3, -0.25) is 14.6 Å². The van der Waals surface area contributed by atoms with Crippen LogP contribution in [0, 0.1) is 5.41 Å². The van der Waals surface area contributed by atoms with Crippen molar-refractivity contribution in [2.75, 3.05) is 13.6 Å². The second-order valence-electron chi connectivity index (χ2n) is 5.29. The second-order valence-corrected chi connectivity index (χ2v) is 5.29. The van der Waals surface area contributed by atoms with Gasteiger partial charge in [-0.25, -0.2) is 0 Å². The normalized spacial score (nSPS) is 11.1. The van der Waals surface area contributed by atoms with Gasteiger partial charge < -0.3 is 10.0 Å². The van der Waals surface area contributed by atoms with E-state index in [1.165, 1.54) is 0 Å². The van der Waals surface area contributed by atoms with Gasteiger partial charge in [0, 0.05) is 26.0 Å². The molecule has 1 aromatic rings. The minimum atomic E-state index is -0.958. The lowest BCUT2D eigenvalue weighted by Crippen LogP contribution is -2.40. The average Bonchev–Trinajstić information content (AvgIpc) is 2.34. The van der Waals surface area contributed by atoms with Crippen LogP contribution in [0.4, 0.5) is 0 Å². The van der Waals surface area contributed by atoms with Crippen LogP contribution in [-0.4, -0.2) is 40.5 Å². The molecule has 1 rings (SSSR count). The molecule has 0 aromatic carbocycles. The van der Waals surface area contributed by atoms with Crippen molar-refractivity contribution in [3.05, 3.63) is 30.1 Å². The molecule has 0 aliphatic heterocycles. The number of rotatable bonds is 6. The highest BCUT2D eigenvalue weighted by atomic mass is 16.4. The van der Waals surface area contributed by atoms with Gasteiger partial charge in [0.25, 0.3) is 0 Å². The molecule has 1 aromatic heterocycles. The maximum absolute atomic E-state index is 12.2. The first-order chi connectivity index (χ1) is 8.83. The van der Waals surface area contributed by atoms with Gasteiger partial charge in [-0.2, -0.15) is 0 Å². The first-order valence-electron chi connectivity index (χ1n) is 6.19. The number of carboxylic acids is 1. The van der Waals surface area contributed by atoms with Crippen LogP contribution >= 0.6 is 0 Å². The number of carboxylic acid groups (broad SMARTS) is 1. The lowest BCUT2D eigenvalue weighted by Gasteiger charge is -2.28. The number of aliphatic carboxylic acids is 1. The maximum Gasteiger partial charge on any atom is 0.304 e. The van der Waals surface area contributed by atoms with E-state index in [-0.39, 0.29) is 12.3 Å². The Kier molecular flexibility index (Phi) is 5.03. The standard InChI is InChI=1S/C14H20N2O3/c1-14(2,10-12(17)18)13(19)16(3)9-6-11-4-7-15-8-5-11/h4-5,7-8H,6,9-10H2,1-3H3,(H,17,18). The number of amides is 1. The molecule has 19 heavy (non-hydrogen) atoms. The van der Waals surface area contributed by atoms with E-state index in [1.807, 2.05) is 12.1 Å². The van der Waals surface area contributed by atoms with Crippen LogP contribution in [0.2, 0.25) is 0 Å². The Morgan fingerprint density at radius 2 is 1.89 bits per heavy atom. The average molecular weight is 264 g/mol. The molecular formula is C14H20N2O3. The highest BCUT2D eigenvalue weighted by Gasteiger charge is 2.32. The van der Waals surface area contributed by atoms with E-state index in [9.17, 15) is 9.59 Å². The molecular weight excluding hydrogens is 244 g/mol. The summed E-state index contributed by atoms with van der Waals surface area (Å²) in [6.45, 7) is 3.88. The summed E-state index contributed by atoms with van der Waals surface area (Å²) in [6, 6.07) is 3.81. The first-order valence-corrected chi connectivity index (χ1v) is 6.19. The molecule has 0 aliphatic carbocycles. The zero-order valence-electron chi connectivity index (χ0n) is 11.6. The zero-order valence-corrected chi connectivity index (χ0v) is 11.6. The van der Waals surface area contributed by atoms with Crippen LogP contribution < -0.4 is 0 Å². The van der Waals surface area contributed by atoms with Gasteiger partial charge in [0.15, 0.2) is 0 Å². The van der Waals surface area contributed by atoms with E-state index in [0.717, 1.165) is 12.0 Å². The van der Waals surface area contributed by atoms with Crippen LogP contribution in [0.25, 0.3) is 0 Å². The molecule has 0 bridgehead atoms. The number of nitrogens with zero attached hydrogens (tertiary/aromatic N) is 2. The Morgan fingerprint density at radius 3 is 2.42 bits per heavy atom. The number of carbonyl (C=O) groups excluding carboxylic acids is 1. The van der Waals surface area contributed by atoms with Crippen molar-refractivity contribution < 1.29 is 14.7 Å². The van der Waals surface area contributed by atoms with Gasteiger partial charge >= 0.3 is 5.97 Å². The molecule has 0 atom stereocenters. The van der Waals surface area contributed by atoms with Crippen molar-refractivity contribution in [1.29, 1.82) is 0 Å². The van der Waals surface area contributed by atoms with E-state index in [1.54, 1.807) is 38.2 Å². The summed E-state index contributed by atoms with van der Waals surface area (Å²) in [5.41, 5.74) is 0.226. The molecule has 5 nitrogen and oxygen atoms in total. The van der Waals surface area contributed by atoms with Gasteiger partial charge in [-0.1, -0.05) is 13.8 Å². The number of likely N-dealkylation sites (N-methyl/N-ethyl adjacent to an activating group) is 1. The minimum Gasteiger partial charge on any atom is -0.481 e. The smallest absolute Gasteiger partial charge is 0.304 e. The summed E-state index contributed by atoms with van der Waals surface area (Å²) in [7, 11) is 1.70. The molecule has 0 saturated heterocycles. The molecule has 5 heteroatoms. The maximum atomic E-state index is 12.2. The van der Waals surface area contributed by atoms with E-state index in [0.29, 0.717) is 6.54 Å². The molecule has 1 heterocycles. The summed E-state index contributed by atoms with van der Waals surface area (Å²) in [5.74, 6) is -1.11. The van der Waals surface area contributed by atoms with Crippen molar-refractivity contribution in [2.24, 2.45) is 5.41 Å². The Labute approximate surface area is 113 Å². The fraction of sp³-hybridized carbons (Fsp3) is 0.500. The topological polar surface area (TPSA) is 70.5 Å². The first kappa shape index (κ1) is 15.1. The second kappa shape index (κ2) is 6.31. The van der Waals surface area contributed by atoms with Crippen molar-refractivity contribution in [3.63, 3.8) is 0 Å². The van der Waals surface area contributed by atoms with E-state index >= 15 is 0 Å². The highest BCUT2D eigenvalue weighted by molar-refractivity contribution is 5.86. The lowest BCUT2D eigenvalue weighted by molar-refractivity contribution is -0.148. The Balaban J connectivity index is 2.55. The van der Waals surface area contributed by atoms with Crippen molar-refractivity contribution in [3.8, 4) is 0 Å². The highest BCUT2D eigenvalue weighted by Crippen LogP contribution is 2.23. The summed E-state index contributed by atoms with van der Waals surface area (Å²) in [5, 5.41) is 8.81. The molecule has 0 saturated carbocycles. The molecule has 0 spiro atoms. The van der Waals surface area contributed by atoms with Crippen LogP contribution in [0.3, 0.4) is 0 Å². The van der Waals surface area contributed by atoms with Gasteiger partial charge in [0.1, 0.15) is 0 Å². The summed E-state index contributed by atoms with van der Waals surface area (Å²) in [4.78, 5) is 28.4. The van der Waals surface area contributed by atoms with Crippen LogP contribution in [0.1, 0.15) is 25.8 Å². The number of aromatic nitrogens is 1. The molecule has 1 N–H and O–H groups in total. The van der Waals surface area contributed by atoms with Crippen LogP contribution in [0.5, 0.6) is 0 Å². The minimum absolute atomic E-state index is 0.149. The van der Waals surface area contributed by atoms with Crippen LogP contribution in [-0.2, 0) is 16.0 Å². The number of pyridine rings is 1. The molecule has 1 amide bonds. The Bertz CT molecular complexity index is 443. The largest absolute Gasteiger partial charge is 0.481 e. The number of hydrogen-bond acceptors (Lipinski definition) is 3. The third kappa shape index (κ3) is 4.69. The van der Waals surface area contributed by atoms with Gasteiger partial charge in [0.05, 0.1) is 11.8 Å². The van der Waals surface area contributed by atoms with Gasteiger partial charge in [-0.15, -0.1) is 0 Å². The van der Waals surface area contributed by atoms with E-state index in [2.05, 4.69) is 4.98 Å². The third-order valence-corrected chi connectivity index (χ3v) is 3.00. The molecule has 0 radical (unpaired) electrons. The third-order valence-electron chi connectivity index (χ3n) is 3.00. The van der Waals surface area contributed by atoms with Crippen molar-refractivity contribution in [2.45, 2.75) is 26.7 Å². The molecule has 0 fully saturated rings. The Morgan fingerprint density at radius 1 is 1.32 bits per heavy atom. The number of hydrogen-bond donors (Lipinski definition) is 1. The van der Waals surface area contributed by atoms with Crippen LogP contribution in [0.15, 0.2) is 24.5 Å². The monoisotopic (exact) mass is 264 g/mol. The van der Waals surface area contributed by atoms with Gasteiger partial charge in [0.2, 0.25) is 5.91 Å². The van der Waals surface area contributed by atoms with E-state index < -0.39 is 11.4 Å². The van der Waals surface area contributed by atoms with E-state index in [4.69, 9.17) is 5.11 Å². The fourth-order valence-corrected chi connectivity index (χ4v) is 1.92. The molecule has 104 valence electrons. The quantitative estimate of drug-likeness (QED) is 0.847. The number of carbonyl (C=O) groups is 2. The SMILES string of the molecule is CN(CCc1ccncc1)C(=O)C(C)(C)CC(=O)O.